The smallest absolute Gasteiger partial charge is 0.259 e. The zero-order valence-electron chi connectivity index (χ0n) is 17.5. The van der Waals surface area contributed by atoms with Crippen LogP contribution < -0.4 is 10.2 Å². The minimum absolute atomic E-state index is 0.304. The molecule has 0 aromatic carbocycles. The molecule has 1 aliphatic heterocycles. The van der Waals surface area contributed by atoms with Crippen LogP contribution in [0.5, 0.6) is 0 Å². The second kappa shape index (κ2) is 8.40. The predicted molar refractivity (Wildman–Crippen MR) is 120 cm³/mol. The SMILES string of the molecule is Cn1cc(C(=O)Nc2sc3c(c2C#N)CCN(c2ncc(-c4ccnc(F)c4)cn2)C3)cn1. The number of rotatable bonds is 4. The first-order valence-electron chi connectivity index (χ1n) is 10.1. The Hall–Kier alpha value is -4.17. The van der Waals surface area contributed by atoms with E-state index in [1.807, 2.05) is 4.90 Å². The van der Waals surface area contributed by atoms with Gasteiger partial charge in [-0.3, -0.25) is 9.48 Å². The lowest BCUT2D eigenvalue weighted by Gasteiger charge is -2.26. The third kappa shape index (κ3) is 4.04. The lowest BCUT2D eigenvalue weighted by atomic mass is 10.0. The summed E-state index contributed by atoms with van der Waals surface area (Å²) in [5.74, 6) is -0.314. The number of amides is 1. The molecule has 11 heteroatoms. The van der Waals surface area contributed by atoms with Gasteiger partial charge in [-0.15, -0.1) is 11.3 Å². The van der Waals surface area contributed by atoms with Crippen LogP contribution >= 0.6 is 11.3 Å². The second-order valence-electron chi connectivity index (χ2n) is 7.49. The number of anilines is 2. The zero-order valence-corrected chi connectivity index (χ0v) is 18.3. The number of nitrogens with zero attached hydrogens (tertiary/aromatic N) is 7. The van der Waals surface area contributed by atoms with E-state index in [1.165, 1.54) is 29.8 Å². The highest BCUT2D eigenvalue weighted by molar-refractivity contribution is 7.16. The number of aromatic nitrogens is 5. The Bertz CT molecular complexity index is 1390. The van der Waals surface area contributed by atoms with E-state index in [-0.39, 0.29) is 5.91 Å². The van der Waals surface area contributed by atoms with Gasteiger partial charge in [-0.2, -0.15) is 14.8 Å². The Morgan fingerprint density at radius 1 is 1.24 bits per heavy atom. The quantitative estimate of drug-likeness (QED) is 0.466. The van der Waals surface area contributed by atoms with Crippen LogP contribution in [0, 0.1) is 17.3 Å². The summed E-state index contributed by atoms with van der Waals surface area (Å²) in [6.45, 7) is 1.16. The van der Waals surface area contributed by atoms with Gasteiger partial charge < -0.3 is 10.2 Å². The fourth-order valence-corrected chi connectivity index (χ4v) is 4.92. The average molecular weight is 460 g/mol. The molecule has 164 valence electrons. The van der Waals surface area contributed by atoms with Crippen molar-refractivity contribution in [3.8, 4) is 17.2 Å². The monoisotopic (exact) mass is 460 g/mol. The number of hydrogen-bond donors (Lipinski definition) is 1. The lowest BCUT2D eigenvalue weighted by molar-refractivity contribution is 0.102. The standard InChI is InChI=1S/C22H17FN8OS/c1-30-11-15(10-28-30)20(32)29-21-17(7-24)16-3-5-31(12-18(16)33-21)22-26-8-14(9-27-22)13-2-4-25-19(23)6-13/h2,4,6,8-11H,3,5,12H2,1H3,(H,29,32). The molecule has 4 aromatic heterocycles. The van der Waals surface area contributed by atoms with Gasteiger partial charge in [0.25, 0.3) is 5.91 Å². The van der Waals surface area contributed by atoms with Crippen molar-refractivity contribution in [3.05, 3.63) is 70.6 Å². The number of fused-ring (bicyclic) bond motifs is 1. The summed E-state index contributed by atoms with van der Waals surface area (Å²) in [4.78, 5) is 28.0. The van der Waals surface area contributed by atoms with E-state index in [9.17, 15) is 14.4 Å². The van der Waals surface area contributed by atoms with Crippen molar-refractivity contribution in [2.75, 3.05) is 16.8 Å². The maximum absolute atomic E-state index is 13.4. The molecule has 0 saturated carbocycles. The first kappa shape index (κ1) is 20.7. The summed E-state index contributed by atoms with van der Waals surface area (Å²) in [7, 11) is 1.74. The van der Waals surface area contributed by atoms with Gasteiger partial charge in [0.2, 0.25) is 11.9 Å². The highest BCUT2D eigenvalue weighted by Crippen LogP contribution is 2.37. The van der Waals surface area contributed by atoms with Crippen molar-refractivity contribution in [1.82, 2.24) is 24.7 Å². The summed E-state index contributed by atoms with van der Waals surface area (Å²) in [6.07, 6.45) is 8.45. The first-order valence-corrected chi connectivity index (χ1v) is 10.9. The highest BCUT2D eigenvalue weighted by atomic mass is 32.1. The van der Waals surface area contributed by atoms with E-state index in [1.54, 1.807) is 36.4 Å². The van der Waals surface area contributed by atoms with Crippen LogP contribution in [0.4, 0.5) is 15.3 Å². The Morgan fingerprint density at radius 3 is 2.76 bits per heavy atom. The van der Waals surface area contributed by atoms with Crippen LogP contribution in [0.25, 0.3) is 11.1 Å². The van der Waals surface area contributed by atoms with Crippen LogP contribution in [-0.2, 0) is 20.0 Å². The Kier molecular flexibility index (Phi) is 5.27. The summed E-state index contributed by atoms with van der Waals surface area (Å²) >= 11 is 1.39. The van der Waals surface area contributed by atoms with Crippen molar-refractivity contribution in [1.29, 1.82) is 5.26 Å². The zero-order chi connectivity index (χ0) is 22.9. The molecule has 5 rings (SSSR count). The number of thiophene rings is 1. The van der Waals surface area contributed by atoms with Crippen LogP contribution in [0.1, 0.15) is 26.4 Å². The van der Waals surface area contributed by atoms with Crippen molar-refractivity contribution in [3.63, 3.8) is 0 Å². The maximum atomic E-state index is 13.4. The molecule has 0 atom stereocenters. The Labute approximate surface area is 192 Å². The van der Waals surface area contributed by atoms with E-state index < -0.39 is 5.95 Å². The molecule has 0 saturated heterocycles. The number of halogens is 1. The predicted octanol–water partition coefficient (Wildman–Crippen LogP) is 3.16. The molecule has 0 bridgehead atoms. The highest BCUT2D eigenvalue weighted by Gasteiger charge is 2.27. The normalized spacial score (nSPS) is 12.8. The molecule has 1 N–H and O–H groups in total. The minimum Gasteiger partial charge on any atom is -0.335 e. The van der Waals surface area contributed by atoms with Gasteiger partial charge in [0, 0.05) is 54.9 Å². The molecular formula is C22H17FN8OS. The number of aryl methyl sites for hydroxylation is 1. The van der Waals surface area contributed by atoms with Crippen LogP contribution in [0.15, 0.2) is 43.1 Å². The molecule has 0 aliphatic carbocycles. The summed E-state index contributed by atoms with van der Waals surface area (Å²) < 4.78 is 14.9. The number of nitrogens with one attached hydrogen (secondary N) is 1. The van der Waals surface area contributed by atoms with Gasteiger partial charge in [0.15, 0.2) is 0 Å². The van der Waals surface area contributed by atoms with Crippen molar-refractivity contribution < 1.29 is 9.18 Å². The van der Waals surface area contributed by atoms with Crippen molar-refractivity contribution in [2.45, 2.75) is 13.0 Å². The molecular weight excluding hydrogens is 443 g/mol. The molecule has 0 unspecified atom stereocenters. The summed E-state index contributed by atoms with van der Waals surface area (Å²) in [5, 5.41) is 17.1. The fourth-order valence-electron chi connectivity index (χ4n) is 3.71. The third-order valence-corrected chi connectivity index (χ3v) is 6.48. The number of pyridine rings is 1. The van der Waals surface area contributed by atoms with Gasteiger partial charge in [0.05, 0.1) is 23.9 Å². The second-order valence-corrected chi connectivity index (χ2v) is 8.59. The Morgan fingerprint density at radius 2 is 2.06 bits per heavy atom. The van der Waals surface area contributed by atoms with Crippen LogP contribution in [0.2, 0.25) is 0 Å². The maximum Gasteiger partial charge on any atom is 0.259 e. The first-order chi connectivity index (χ1) is 16.0. The van der Waals surface area contributed by atoms with Gasteiger partial charge in [-0.1, -0.05) is 0 Å². The summed E-state index contributed by atoms with van der Waals surface area (Å²) in [6, 6.07) is 5.27. The van der Waals surface area contributed by atoms with Crippen LogP contribution in [-0.4, -0.2) is 37.2 Å². The van der Waals surface area contributed by atoms with E-state index in [0.29, 0.717) is 52.7 Å². The largest absolute Gasteiger partial charge is 0.335 e. The van der Waals surface area contributed by atoms with E-state index >= 15 is 0 Å². The van der Waals surface area contributed by atoms with E-state index in [4.69, 9.17) is 0 Å². The van der Waals surface area contributed by atoms with Crippen molar-refractivity contribution in [2.24, 2.45) is 7.05 Å². The molecule has 1 aliphatic rings. The number of carbonyl (C=O) groups excluding carboxylic acids is 1. The third-order valence-electron chi connectivity index (χ3n) is 5.34. The van der Waals surface area contributed by atoms with Crippen molar-refractivity contribution >= 4 is 28.2 Å². The van der Waals surface area contributed by atoms with Gasteiger partial charge in [-0.05, 0) is 23.6 Å². The van der Waals surface area contributed by atoms with Gasteiger partial charge in [-0.25, -0.2) is 15.0 Å². The molecule has 33 heavy (non-hydrogen) atoms. The molecule has 1 amide bonds. The van der Waals surface area contributed by atoms with Crippen LogP contribution in [0.3, 0.4) is 0 Å². The molecule has 9 nitrogen and oxygen atoms in total. The topological polar surface area (TPSA) is 113 Å². The fraction of sp³-hybridized carbons (Fsp3) is 0.182. The minimum atomic E-state index is -0.558. The number of hydrogen-bond acceptors (Lipinski definition) is 8. The lowest BCUT2D eigenvalue weighted by Crippen LogP contribution is -2.31. The molecule has 0 spiro atoms. The number of carbonyl (C=O) groups is 1. The average Bonchev–Trinajstić information content (AvgIpc) is 3.41. The number of nitriles is 1. The van der Waals surface area contributed by atoms with Gasteiger partial charge >= 0.3 is 0 Å². The molecule has 0 radical (unpaired) electrons. The molecule has 0 fully saturated rings. The van der Waals surface area contributed by atoms with E-state index in [2.05, 4.69) is 31.4 Å². The van der Waals surface area contributed by atoms with Gasteiger partial charge in [0.1, 0.15) is 11.1 Å². The Balaban J connectivity index is 1.35. The molecule has 5 heterocycles. The summed E-state index contributed by atoms with van der Waals surface area (Å²) in [5.41, 5.74) is 3.23. The molecule has 4 aromatic rings. The van der Waals surface area contributed by atoms with E-state index in [0.717, 1.165) is 10.4 Å².